The summed E-state index contributed by atoms with van der Waals surface area (Å²) in [5.74, 6) is 0.783. The minimum absolute atomic E-state index is 0.106. The number of anilines is 2. The molecular weight excluding hydrogens is 244 g/mol. The lowest BCUT2D eigenvalue weighted by atomic mass is 10.4. The number of methoxy groups -OCH3 is 1. The van der Waals surface area contributed by atoms with Crippen LogP contribution in [0.15, 0.2) is 18.3 Å². The largest absolute Gasteiger partial charge is 0.385 e. The summed E-state index contributed by atoms with van der Waals surface area (Å²) in [4.78, 5) is 15.7. The second-order valence-electron chi connectivity index (χ2n) is 4.46. The van der Waals surface area contributed by atoms with E-state index in [0.717, 1.165) is 25.4 Å². The lowest BCUT2D eigenvalue weighted by Gasteiger charge is -2.10. The van der Waals surface area contributed by atoms with Gasteiger partial charge in [-0.15, -0.1) is 0 Å². The summed E-state index contributed by atoms with van der Waals surface area (Å²) in [6, 6.07) is 3.52. The quantitative estimate of drug-likeness (QED) is 0.660. The zero-order valence-corrected chi connectivity index (χ0v) is 11.7. The second-order valence-corrected chi connectivity index (χ2v) is 4.46. The van der Waals surface area contributed by atoms with Crippen molar-refractivity contribution in [2.75, 3.05) is 30.9 Å². The fraction of sp³-hybridized carbons (Fsp3) is 0.538. The van der Waals surface area contributed by atoms with Crippen LogP contribution in [0.3, 0.4) is 0 Å². The van der Waals surface area contributed by atoms with Crippen molar-refractivity contribution in [1.29, 1.82) is 0 Å². The van der Waals surface area contributed by atoms with Crippen molar-refractivity contribution in [3.63, 3.8) is 0 Å². The summed E-state index contributed by atoms with van der Waals surface area (Å²) in [6.07, 6.45) is 2.55. The van der Waals surface area contributed by atoms with Crippen LogP contribution in [0, 0.1) is 0 Å². The van der Waals surface area contributed by atoms with E-state index >= 15 is 0 Å². The Morgan fingerprint density at radius 3 is 2.79 bits per heavy atom. The van der Waals surface area contributed by atoms with Gasteiger partial charge in [0.05, 0.1) is 11.9 Å². The predicted molar refractivity (Wildman–Crippen MR) is 76.5 cm³/mol. The molecule has 0 saturated heterocycles. The van der Waals surface area contributed by atoms with E-state index in [-0.39, 0.29) is 12.1 Å². The van der Waals surface area contributed by atoms with Gasteiger partial charge in [-0.1, -0.05) is 0 Å². The highest BCUT2D eigenvalue weighted by molar-refractivity contribution is 5.89. The van der Waals surface area contributed by atoms with Gasteiger partial charge in [0.25, 0.3) is 0 Å². The number of aromatic nitrogens is 1. The number of pyridine rings is 1. The number of amides is 2. The number of urea groups is 1. The summed E-state index contributed by atoms with van der Waals surface area (Å²) < 4.78 is 4.96. The Morgan fingerprint density at radius 2 is 2.21 bits per heavy atom. The van der Waals surface area contributed by atoms with Crippen molar-refractivity contribution in [1.82, 2.24) is 10.3 Å². The first-order chi connectivity index (χ1) is 9.11. The third-order valence-corrected chi connectivity index (χ3v) is 2.27. The number of nitrogens with zero attached hydrogens (tertiary/aromatic N) is 1. The molecule has 0 aliphatic carbocycles. The number of nitrogens with one attached hydrogen (secondary N) is 3. The van der Waals surface area contributed by atoms with Crippen LogP contribution in [-0.4, -0.2) is 37.3 Å². The third-order valence-electron chi connectivity index (χ3n) is 2.27. The highest BCUT2D eigenvalue weighted by atomic mass is 16.5. The molecule has 0 aromatic carbocycles. The number of hydrogen-bond acceptors (Lipinski definition) is 4. The molecule has 0 aliphatic heterocycles. The highest BCUT2D eigenvalue weighted by Gasteiger charge is 2.03. The predicted octanol–water partition coefficient (Wildman–Crippen LogP) is 2.06. The number of carbonyl (C=O) groups excluding carboxylic acids is 1. The number of hydrogen-bond donors (Lipinski definition) is 3. The van der Waals surface area contributed by atoms with Gasteiger partial charge in [-0.3, -0.25) is 0 Å². The number of carbonyl (C=O) groups is 1. The smallest absolute Gasteiger partial charge is 0.319 e. The Morgan fingerprint density at radius 1 is 1.42 bits per heavy atom. The van der Waals surface area contributed by atoms with E-state index in [4.69, 9.17) is 4.74 Å². The lowest BCUT2D eigenvalue weighted by Crippen LogP contribution is -2.34. The normalized spacial score (nSPS) is 10.3. The van der Waals surface area contributed by atoms with Crippen molar-refractivity contribution in [3.05, 3.63) is 18.3 Å². The van der Waals surface area contributed by atoms with Gasteiger partial charge in [0.1, 0.15) is 5.82 Å². The molecule has 0 saturated carbocycles. The van der Waals surface area contributed by atoms with Crippen molar-refractivity contribution in [2.24, 2.45) is 0 Å². The molecule has 0 bridgehead atoms. The maximum atomic E-state index is 11.5. The second kappa shape index (κ2) is 8.31. The summed E-state index contributed by atoms with van der Waals surface area (Å²) in [7, 11) is 1.68. The molecule has 1 aromatic heterocycles. The van der Waals surface area contributed by atoms with Crippen molar-refractivity contribution >= 4 is 17.5 Å². The molecule has 3 N–H and O–H groups in total. The SMILES string of the molecule is COCCCNc1ccc(NC(=O)NC(C)C)cn1. The van der Waals surface area contributed by atoms with Crippen LogP contribution in [0.4, 0.5) is 16.3 Å². The Kier molecular flexibility index (Phi) is 6.67. The first-order valence-electron chi connectivity index (χ1n) is 6.38. The Bertz CT molecular complexity index is 379. The highest BCUT2D eigenvalue weighted by Crippen LogP contribution is 2.09. The molecule has 0 fully saturated rings. The molecule has 0 aliphatic rings. The molecule has 1 aromatic rings. The van der Waals surface area contributed by atoms with Gasteiger partial charge in [-0.25, -0.2) is 9.78 Å². The topological polar surface area (TPSA) is 75.3 Å². The van der Waals surface area contributed by atoms with E-state index in [1.807, 2.05) is 26.0 Å². The fourth-order valence-corrected chi connectivity index (χ4v) is 1.43. The molecule has 0 unspecified atom stereocenters. The number of rotatable bonds is 7. The minimum Gasteiger partial charge on any atom is -0.385 e. The molecule has 0 spiro atoms. The van der Waals surface area contributed by atoms with Gasteiger partial charge in [-0.2, -0.15) is 0 Å². The Labute approximate surface area is 113 Å². The average molecular weight is 266 g/mol. The van der Waals surface area contributed by atoms with E-state index in [2.05, 4.69) is 20.9 Å². The van der Waals surface area contributed by atoms with Gasteiger partial charge in [0.15, 0.2) is 0 Å². The van der Waals surface area contributed by atoms with Crippen LogP contribution in [0.1, 0.15) is 20.3 Å². The van der Waals surface area contributed by atoms with Gasteiger partial charge in [0, 0.05) is 26.3 Å². The first-order valence-corrected chi connectivity index (χ1v) is 6.38. The average Bonchev–Trinajstić information content (AvgIpc) is 2.35. The zero-order valence-electron chi connectivity index (χ0n) is 11.7. The first kappa shape index (κ1) is 15.2. The summed E-state index contributed by atoms with van der Waals surface area (Å²) >= 11 is 0. The fourth-order valence-electron chi connectivity index (χ4n) is 1.43. The molecular formula is C13H22N4O2. The third kappa shape index (κ3) is 6.61. The molecule has 6 heteroatoms. The molecule has 19 heavy (non-hydrogen) atoms. The summed E-state index contributed by atoms with van der Waals surface area (Å²) in [5.41, 5.74) is 0.667. The molecule has 2 amide bonds. The molecule has 1 heterocycles. The Hall–Kier alpha value is -1.82. The molecule has 0 radical (unpaired) electrons. The lowest BCUT2D eigenvalue weighted by molar-refractivity contribution is 0.198. The van der Waals surface area contributed by atoms with E-state index < -0.39 is 0 Å². The summed E-state index contributed by atoms with van der Waals surface area (Å²) in [6.45, 7) is 5.35. The van der Waals surface area contributed by atoms with Crippen LogP contribution < -0.4 is 16.0 Å². The minimum atomic E-state index is -0.224. The van der Waals surface area contributed by atoms with Crippen LogP contribution >= 0.6 is 0 Å². The van der Waals surface area contributed by atoms with E-state index in [1.54, 1.807) is 13.3 Å². The van der Waals surface area contributed by atoms with Crippen LogP contribution in [0.25, 0.3) is 0 Å². The van der Waals surface area contributed by atoms with Gasteiger partial charge < -0.3 is 20.7 Å². The van der Waals surface area contributed by atoms with Crippen LogP contribution in [0.2, 0.25) is 0 Å². The monoisotopic (exact) mass is 266 g/mol. The standard InChI is InChI=1S/C13H22N4O2/c1-10(2)16-13(18)17-11-5-6-12(15-9-11)14-7-4-8-19-3/h5-6,9-10H,4,7-8H2,1-3H3,(H,14,15)(H2,16,17,18). The molecule has 0 atom stereocenters. The van der Waals surface area contributed by atoms with Crippen molar-refractivity contribution < 1.29 is 9.53 Å². The van der Waals surface area contributed by atoms with Gasteiger partial charge in [0.2, 0.25) is 0 Å². The van der Waals surface area contributed by atoms with E-state index in [0.29, 0.717) is 5.69 Å². The van der Waals surface area contributed by atoms with Crippen molar-refractivity contribution in [3.8, 4) is 0 Å². The van der Waals surface area contributed by atoms with E-state index in [9.17, 15) is 4.79 Å². The number of ether oxygens (including phenoxy) is 1. The molecule has 1 rings (SSSR count). The van der Waals surface area contributed by atoms with Crippen molar-refractivity contribution in [2.45, 2.75) is 26.3 Å². The zero-order chi connectivity index (χ0) is 14.1. The van der Waals surface area contributed by atoms with Gasteiger partial charge >= 0.3 is 6.03 Å². The molecule has 106 valence electrons. The van der Waals surface area contributed by atoms with E-state index in [1.165, 1.54) is 0 Å². The van der Waals surface area contributed by atoms with Crippen LogP contribution in [-0.2, 0) is 4.74 Å². The summed E-state index contributed by atoms with van der Waals surface area (Å²) in [5, 5.41) is 8.64. The van der Waals surface area contributed by atoms with Crippen LogP contribution in [0.5, 0.6) is 0 Å². The maximum absolute atomic E-state index is 11.5. The molecule has 6 nitrogen and oxygen atoms in total. The Balaban J connectivity index is 2.36. The van der Waals surface area contributed by atoms with Gasteiger partial charge in [-0.05, 0) is 32.4 Å². The maximum Gasteiger partial charge on any atom is 0.319 e.